The zero-order valence-corrected chi connectivity index (χ0v) is 11.4. The molecule has 1 unspecified atom stereocenters. The molecule has 5 nitrogen and oxygen atoms in total. The number of anilines is 2. The maximum atomic E-state index is 11.8. The monoisotopic (exact) mass is 312 g/mol. The van der Waals surface area contributed by atoms with Gasteiger partial charge >= 0.3 is 5.97 Å². The number of hydrogen-bond donors (Lipinski definition) is 2. The van der Waals surface area contributed by atoms with Gasteiger partial charge < -0.3 is 15.7 Å². The number of halogens is 1. The van der Waals surface area contributed by atoms with Gasteiger partial charge in [0.05, 0.1) is 17.3 Å². The van der Waals surface area contributed by atoms with Crippen LogP contribution in [0.3, 0.4) is 0 Å². The predicted molar refractivity (Wildman–Crippen MR) is 71.4 cm³/mol. The van der Waals surface area contributed by atoms with Gasteiger partial charge in [-0.25, -0.2) is 0 Å². The van der Waals surface area contributed by atoms with E-state index in [1.54, 1.807) is 12.1 Å². The number of carbonyl (C=O) groups excluding carboxylic acids is 1. The van der Waals surface area contributed by atoms with E-state index >= 15 is 0 Å². The molecular weight excluding hydrogens is 300 g/mol. The number of aryl methyl sites for hydroxylation is 1. The standard InChI is InChI=1S/C12H13BrN2O3/c1-6-2-10(9(14)4-8(6)13)15-5-7(12(17)18)3-11(15)16/h2,4,7H,3,5,14H2,1H3,(H,17,18). The van der Waals surface area contributed by atoms with E-state index in [0.29, 0.717) is 11.4 Å². The first-order valence-corrected chi connectivity index (χ1v) is 6.28. The number of benzene rings is 1. The summed E-state index contributed by atoms with van der Waals surface area (Å²) in [6.45, 7) is 2.07. The minimum absolute atomic E-state index is 0.0316. The molecule has 1 aliphatic rings. The number of carboxylic acid groups (broad SMARTS) is 1. The number of amides is 1. The summed E-state index contributed by atoms with van der Waals surface area (Å²) < 4.78 is 0.866. The molecule has 1 heterocycles. The second-order valence-electron chi connectivity index (χ2n) is 4.40. The van der Waals surface area contributed by atoms with Gasteiger partial charge in [-0.1, -0.05) is 15.9 Å². The summed E-state index contributed by atoms with van der Waals surface area (Å²) in [5.41, 5.74) is 7.88. The molecule has 0 spiro atoms. The quantitative estimate of drug-likeness (QED) is 0.815. The van der Waals surface area contributed by atoms with Gasteiger partial charge in [0.15, 0.2) is 0 Å². The summed E-state index contributed by atoms with van der Waals surface area (Å²) in [6.07, 6.45) is 0.0316. The fourth-order valence-electron chi connectivity index (χ4n) is 2.02. The molecule has 6 heteroatoms. The van der Waals surface area contributed by atoms with Gasteiger partial charge in [-0.15, -0.1) is 0 Å². The van der Waals surface area contributed by atoms with E-state index in [-0.39, 0.29) is 18.9 Å². The molecule has 1 aromatic carbocycles. The number of aliphatic carboxylic acids is 1. The van der Waals surface area contributed by atoms with Crippen molar-refractivity contribution in [2.45, 2.75) is 13.3 Å². The van der Waals surface area contributed by atoms with Crippen LogP contribution in [-0.2, 0) is 9.59 Å². The predicted octanol–water partition coefficient (Wildman–Crippen LogP) is 1.78. The molecule has 1 fully saturated rings. The van der Waals surface area contributed by atoms with Gasteiger partial charge in [-0.2, -0.15) is 0 Å². The highest BCUT2D eigenvalue weighted by molar-refractivity contribution is 9.10. The first kappa shape index (κ1) is 12.9. The SMILES string of the molecule is Cc1cc(N2CC(C(=O)O)CC2=O)c(N)cc1Br. The maximum absolute atomic E-state index is 11.8. The minimum atomic E-state index is -0.946. The van der Waals surface area contributed by atoms with Crippen LogP contribution in [0.5, 0.6) is 0 Å². The molecule has 0 bridgehead atoms. The molecule has 0 aromatic heterocycles. The lowest BCUT2D eigenvalue weighted by molar-refractivity contribution is -0.141. The molecule has 0 aliphatic carbocycles. The Bertz CT molecular complexity index is 530. The van der Waals surface area contributed by atoms with Crippen LogP contribution < -0.4 is 10.6 Å². The van der Waals surface area contributed by atoms with Crippen molar-refractivity contribution >= 4 is 39.2 Å². The molecule has 1 aromatic rings. The Hall–Kier alpha value is -1.56. The molecule has 0 saturated carbocycles. The van der Waals surface area contributed by atoms with Crippen LogP contribution in [0.25, 0.3) is 0 Å². The van der Waals surface area contributed by atoms with Crippen molar-refractivity contribution in [3.05, 3.63) is 22.2 Å². The Morgan fingerprint density at radius 2 is 2.22 bits per heavy atom. The third-order valence-corrected chi connectivity index (χ3v) is 3.93. The van der Waals surface area contributed by atoms with Crippen LogP contribution in [0, 0.1) is 12.8 Å². The molecule has 1 atom stereocenters. The Morgan fingerprint density at radius 3 is 2.78 bits per heavy atom. The Kier molecular flexibility index (Phi) is 3.30. The number of carboxylic acids is 1. The lowest BCUT2D eigenvalue weighted by Gasteiger charge is -2.19. The van der Waals surface area contributed by atoms with E-state index in [1.165, 1.54) is 4.90 Å². The molecular formula is C12H13BrN2O3. The molecule has 1 saturated heterocycles. The van der Waals surface area contributed by atoms with Gasteiger partial charge in [0, 0.05) is 17.4 Å². The Morgan fingerprint density at radius 1 is 1.56 bits per heavy atom. The molecule has 96 valence electrons. The summed E-state index contributed by atoms with van der Waals surface area (Å²) in [5, 5.41) is 8.95. The highest BCUT2D eigenvalue weighted by Gasteiger charge is 2.35. The first-order chi connectivity index (χ1) is 8.40. The van der Waals surface area contributed by atoms with Crippen LogP contribution in [0.1, 0.15) is 12.0 Å². The fraction of sp³-hybridized carbons (Fsp3) is 0.333. The summed E-state index contributed by atoms with van der Waals surface area (Å²) in [4.78, 5) is 24.2. The number of nitrogen functional groups attached to an aromatic ring is 1. The van der Waals surface area contributed by atoms with Crippen LogP contribution in [-0.4, -0.2) is 23.5 Å². The van der Waals surface area contributed by atoms with E-state index < -0.39 is 11.9 Å². The lowest BCUT2D eigenvalue weighted by Crippen LogP contribution is -2.26. The van der Waals surface area contributed by atoms with E-state index in [9.17, 15) is 9.59 Å². The van der Waals surface area contributed by atoms with Crippen LogP contribution >= 0.6 is 15.9 Å². The number of rotatable bonds is 2. The van der Waals surface area contributed by atoms with E-state index in [1.807, 2.05) is 6.92 Å². The van der Waals surface area contributed by atoms with Crippen LogP contribution in [0.2, 0.25) is 0 Å². The minimum Gasteiger partial charge on any atom is -0.481 e. The van der Waals surface area contributed by atoms with Crippen molar-refractivity contribution < 1.29 is 14.7 Å². The van der Waals surface area contributed by atoms with Crippen molar-refractivity contribution in [2.75, 3.05) is 17.2 Å². The topological polar surface area (TPSA) is 83.6 Å². The van der Waals surface area contributed by atoms with Crippen LogP contribution in [0.15, 0.2) is 16.6 Å². The molecule has 0 radical (unpaired) electrons. The summed E-state index contributed by atoms with van der Waals surface area (Å²) in [7, 11) is 0. The fourth-order valence-corrected chi connectivity index (χ4v) is 2.38. The zero-order chi connectivity index (χ0) is 13.4. The first-order valence-electron chi connectivity index (χ1n) is 5.49. The average Bonchev–Trinajstić information content (AvgIpc) is 2.66. The van der Waals surface area contributed by atoms with Crippen molar-refractivity contribution in [3.63, 3.8) is 0 Å². The third kappa shape index (κ3) is 2.20. The van der Waals surface area contributed by atoms with Gasteiger partial charge in [0.2, 0.25) is 5.91 Å². The molecule has 2 rings (SSSR count). The van der Waals surface area contributed by atoms with Gasteiger partial charge in [-0.3, -0.25) is 9.59 Å². The van der Waals surface area contributed by atoms with Crippen molar-refractivity contribution in [1.29, 1.82) is 0 Å². The number of nitrogens with two attached hydrogens (primary N) is 1. The van der Waals surface area contributed by atoms with E-state index in [4.69, 9.17) is 10.8 Å². The number of nitrogens with zero attached hydrogens (tertiary/aromatic N) is 1. The van der Waals surface area contributed by atoms with E-state index in [0.717, 1.165) is 10.0 Å². The van der Waals surface area contributed by atoms with Gasteiger partial charge in [0.25, 0.3) is 0 Å². The van der Waals surface area contributed by atoms with Crippen molar-refractivity contribution in [2.24, 2.45) is 5.92 Å². The average molecular weight is 313 g/mol. The van der Waals surface area contributed by atoms with Gasteiger partial charge in [0.1, 0.15) is 0 Å². The summed E-state index contributed by atoms with van der Waals surface area (Å²) in [6, 6.07) is 3.52. The second-order valence-corrected chi connectivity index (χ2v) is 5.26. The molecule has 3 N–H and O–H groups in total. The zero-order valence-electron chi connectivity index (χ0n) is 9.81. The Balaban J connectivity index is 2.35. The summed E-state index contributed by atoms with van der Waals surface area (Å²) >= 11 is 3.36. The second kappa shape index (κ2) is 4.61. The van der Waals surface area contributed by atoms with E-state index in [2.05, 4.69) is 15.9 Å². The van der Waals surface area contributed by atoms with Crippen molar-refractivity contribution in [3.8, 4) is 0 Å². The van der Waals surface area contributed by atoms with Crippen molar-refractivity contribution in [1.82, 2.24) is 0 Å². The highest BCUT2D eigenvalue weighted by Crippen LogP contribution is 2.33. The molecule has 1 amide bonds. The lowest BCUT2D eigenvalue weighted by atomic mass is 10.1. The molecule has 18 heavy (non-hydrogen) atoms. The van der Waals surface area contributed by atoms with Gasteiger partial charge in [-0.05, 0) is 24.6 Å². The summed E-state index contributed by atoms with van der Waals surface area (Å²) in [5.74, 6) is -1.80. The Labute approximate surface area is 113 Å². The smallest absolute Gasteiger partial charge is 0.308 e. The van der Waals surface area contributed by atoms with Crippen LogP contribution in [0.4, 0.5) is 11.4 Å². The number of hydrogen-bond acceptors (Lipinski definition) is 3. The normalized spacial score (nSPS) is 19.3. The number of carbonyl (C=O) groups is 2. The molecule has 1 aliphatic heterocycles. The largest absolute Gasteiger partial charge is 0.481 e. The highest BCUT2D eigenvalue weighted by atomic mass is 79.9. The maximum Gasteiger partial charge on any atom is 0.308 e. The third-order valence-electron chi connectivity index (χ3n) is 3.07.